The van der Waals surface area contributed by atoms with Crippen LogP contribution in [0.4, 0.5) is 4.39 Å². The molecule has 1 amide bonds. The first-order valence-corrected chi connectivity index (χ1v) is 12.0. The molecule has 2 aliphatic rings. The zero-order valence-electron chi connectivity index (χ0n) is 18.1. The highest BCUT2D eigenvalue weighted by Gasteiger charge is 2.33. The lowest BCUT2D eigenvalue weighted by atomic mass is 9.93. The van der Waals surface area contributed by atoms with Crippen LogP contribution in [0, 0.1) is 5.82 Å². The van der Waals surface area contributed by atoms with E-state index < -0.39 is 0 Å². The maximum absolute atomic E-state index is 14.6. The Kier molecular flexibility index (Phi) is 4.83. The summed E-state index contributed by atoms with van der Waals surface area (Å²) in [6, 6.07) is 13.2. The lowest BCUT2D eigenvalue weighted by Crippen LogP contribution is -2.39. The molecule has 2 aromatic carbocycles. The smallest absolute Gasteiger partial charge is 0.274 e. The van der Waals surface area contributed by atoms with Gasteiger partial charge in [-0.15, -0.1) is 0 Å². The van der Waals surface area contributed by atoms with Gasteiger partial charge in [-0.05, 0) is 55.5 Å². The van der Waals surface area contributed by atoms with Crippen molar-refractivity contribution in [2.45, 2.75) is 38.1 Å². The van der Waals surface area contributed by atoms with Gasteiger partial charge in [0, 0.05) is 34.9 Å². The molecule has 2 aromatic heterocycles. The molecule has 1 saturated carbocycles. The fourth-order valence-electron chi connectivity index (χ4n) is 4.78. The topological polar surface area (TPSA) is 50.5 Å². The molecule has 4 aromatic rings. The third kappa shape index (κ3) is 3.55. The molecule has 1 atom stereocenters. The van der Waals surface area contributed by atoms with Gasteiger partial charge in [0.05, 0.1) is 17.4 Å². The van der Waals surface area contributed by atoms with E-state index in [4.69, 9.17) is 9.97 Å². The van der Waals surface area contributed by atoms with Gasteiger partial charge in [-0.25, -0.2) is 14.4 Å². The van der Waals surface area contributed by atoms with E-state index in [1.165, 1.54) is 17.2 Å². The maximum Gasteiger partial charge on any atom is 0.274 e. The van der Waals surface area contributed by atoms with E-state index in [1.807, 2.05) is 21.4 Å². The summed E-state index contributed by atoms with van der Waals surface area (Å²) in [7, 11) is 0. The summed E-state index contributed by atoms with van der Waals surface area (Å²) >= 11 is 3.30. The fourth-order valence-corrected chi connectivity index (χ4v) is 5.11. The van der Waals surface area contributed by atoms with Gasteiger partial charge in [0.15, 0.2) is 5.65 Å². The summed E-state index contributed by atoms with van der Waals surface area (Å²) in [6.07, 6.45) is 6.43. The average Bonchev–Trinajstić information content (AvgIpc) is 3.57. The SMILES string of the molecule is C[C@@H]1c2ccccc2CCN1C(=O)c1cn2cc(-c3ccc(Br)cc3F)nc2c(C2CC2)n1. The van der Waals surface area contributed by atoms with Crippen molar-refractivity contribution < 1.29 is 9.18 Å². The first-order chi connectivity index (χ1) is 16.0. The highest BCUT2D eigenvalue weighted by atomic mass is 79.9. The Labute approximate surface area is 199 Å². The van der Waals surface area contributed by atoms with E-state index in [0.717, 1.165) is 25.0 Å². The minimum Gasteiger partial charge on any atom is -0.330 e. The number of amides is 1. The lowest BCUT2D eigenvalue weighted by Gasteiger charge is -2.35. The highest BCUT2D eigenvalue weighted by molar-refractivity contribution is 9.10. The van der Waals surface area contributed by atoms with Gasteiger partial charge in [-0.2, -0.15) is 0 Å². The number of aromatic nitrogens is 3. The molecular formula is C26H22BrFN4O. The van der Waals surface area contributed by atoms with Crippen molar-refractivity contribution in [2.24, 2.45) is 0 Å². The monoisotopic (exact) mass is 504 g/mol. The van der Waals surface area contributed by atoms with E-state index in [2.05, 4.69) is 35.0 Å². The van der Waals surface area contributed by atoms with Gasteiger partial charge in [0.2, 0.25) is 0 Å². The standard InChI is InChI=1S/C26H22BrFN4O/c1-15-19-5-3-2-4-16(19)10-11-32(15)26(33)23-14-31-13-22(20-9-8-18(27)12-21(20)28)30-25(31)24(29-23)17-6-7-17/h2-5,8-9,12-15,17H,6-7,10-11H2,1H3/t15-/m1/s1. The summed E-state index contributed by atoms with van der Waals surface area (Å²) in [5, 5.41) is 0. The van der Waals surface area contributed by atoms with Gasteiger partial charge in [0.1, 0.15) is 11.5 Å². The Morgan fingerprint density at radius 2 is 1.94 bits per heavy atom. The number of fused-ring (bicyclic) bond motifs is 2. The van der Waals surface area contributed by atoms with Crippen LogP contribution in [0.1, 0.15) is 59.0 Å². The first kappa shape index (κ1) is 20.5. The first-order valence-electron chi connectivity index (χ1n) is 11.2. The molecule has 0 radical (unpaired) electrons. The average molecular weight is 505 g/mol. The zero-order chi connectivity index (χ0) is 22.7. The van der Waals surface area contributed by atoms with Gasteiger partial charge < -0.3 is 9.30 Å². The second-order valence-electron chi connectivity index (χ2n) is 8.89. The lowest BCUT2D eigenvalue weighted by molar-refractivity contribution is 0.0670. The Morgan fingerprint density at radius 1 is 1.12 bits per heavy atom. The van der Waals surface area contributed by atoms with Crippen molar-refractivity contribution in [2.75, 3.05) is 6.54 Å². The number of carbonyl (C=O) groups excluding carboxylic acids is 1. The van der Waals surface area contributed by atoms with Crippen LogP contribution in [0.15, 0.2) is 59.3 Å². The van der Waals surface area contributed by atoms with Crippen LogP contribution in [0.3, 0.4) is 0 Å². The summed E-state index contributed by atoms with van der Waals surface area (Å²) < 4.78 is 17.1. The van der Waals surface area contributed by atoms with Crippen molar-refractivity contribution in [1.82, 2.24) is 19.3 Å². The second kappa shape index (κ2) is 7.76. The summed E-state index contributed by atoms with van der Waals surface area (Å²) in [5.74, 6) is -0.124. The highest BCUT2D eigenvalue weighted by Crippen LogP contribution is 2.41. The minimum atomic E-state index is -0.342. The number of hydrogen-bond donors (Lipinski definition) is 0. The molecule has 7 heteroatoms. The van der Waals surface area contributed by atoms with Gasteiger partial charge in [-0.1, -0.05) is 40.2 Å². The van der Waals surface area contributed by atoms with Crippen LogP contribution in [0.2, 0.25) is 0 Å². The molecule has 5 nitrogen and oxygen atoms in total. The number of carbonyl (C=O) groups is 1. The van der Waals surface area contributed by atoms with E-state index in [-0.39, 0.29) is 17.8 Å². The fraction of sp³-hybridized carbons (Fsp3) is 0.269. The predicted octanol–water partition coefficient (Wildman–Crippen LogP) is 5.93. The van der Waals surface area contributed by atoms with E-state index >= 15 is 0 Å². The molecule has 6 rings (SSSR count). The largest absolute Gasteiger partial charge is 0.330 e. The van der Waals surface area contributed by atoms with E-state index in [1.54, 1.807) is 24.5 Å². The molecule has 0 bridgehead atoms. The van der Waals surface area contributed by atoms with Crippen molar-refractivity contribution in [3.05, 3.63) is 87.7 Å². The van der Waals surface area contributed by atoms with E-state index in [9.17, 15) is 9.18 Å². The summed E-state index contributed by atoms with van der Waals surface area (Å²) in [5.41, 5.74) is 5.39. The van der Waals surface area contributed by atoms with Crippen molar-refractivity contribution >= 4 is 27.5 Å². The molecule has 1 fully saturated rings. The van der Waals surface area contributed by atoms with Crippen LogP contribution in [0.25, 0.3) is 16.9 Å². The molecular weight excluding hydrogens is 483 g/mol. The van der Waals surface area contributed by atoms with Crippen LogP contribution < -0.4 is 0 Å². The summed E-state index contributed by atoms with van der Waals surface area (Å²) in [6.45, 7) is 2.73. The third-order valence-corrected chi connectivity index (χ3v) is 7.20. The number of rotatable bonds is 3. The van der Waals surface area contributed by atoms with Gasteiger partial charge in [0.25, 0.3) is 5.91 Å². The molecule has 3 heterocycles. The van der Waals surface area contributed by atoms with Crippen LogP contribution in [0.5, 0.6) is 0 Å². The Bertz CT molecular complexity index is 1410. The van der Waals surface area contributed by atoms with Crippen LogP contribution in [-0.2, 0) is 6.42 Å². The van der Waals surface area contributed by atoms with Crippen molar-refractivity contribution in [3.63, 3.8) is 0 Å². The second-order valence-corrected chi connectivity index (χ2v) is 9.81. The molecule has 1 aliphatic heterocycles. The third-order valence-electron chi connectivity index (χ3n) is 6.71. The number of nitrogens with zero attached hydrogens (tertiary/aromatic N) is 4. The normalized spacial score (nSPS) is 17.9. The van der Waals surface area contributed by atoms with Gasteiger partial charge in [-0.3, -0.25) is 4.79 Å². The predicted molar refractivity (Wildman–Crippen MR) is 128 cm³/mol. The Morgan fingerprint density at radius 3 is 2.73 bits per heavy atom. The summed E-state index contributed by atoms with van der Waals surface area (Å²) in [4.78, 5) is 25.0. The molecule has 1 aliphatic carbocycles. The number of hydrogen-bond acceptors (Lipinski definition) is 3. The van der Waals surface area contributed by atoms with Gasteiger partial charge >= 0.3 is 0 Å². The number of benzene rings is 2. The molecule has 33 heavy (non-hydrogen) atoms. The van der Waals surface area contributed by atoms with Crippen LogP contribution >= 0.6 is 15.9 Å². The number of imidazole rings is 1. The quantitative estimate of drug-likeness (QED) is 0.347. The van der Waals surface area contributed by atoms with Crippen molar-refractivity contribution in [1.29, 1.82) is 0 Å². The maximum atomic E-state index is 14.6. The molecule has 166 valence electrons. The molecule has 0 spiro atoms. The number of halogens is 2. The molecule has 0 unspecified atom stereocenters. The Balaban J connectivity index is 1.41. The zero-order valence-corrected chi connectivity index (χ0v) is 19.7. The van der Waals surface area contributed by atoms with Crippen molar-refractivity contribution in [3.8, 4) is 11.3 Å². The Hall–Kier alpha value is -3.06. The van der Waals surface area contributed by atoms with Crippen LogP contribution in [-0.4, -0.2) is 31.7 Å². The van der Waals surface area contributed by atoms with E-state index in [0.29, 0.717) is 39.5 Å². The molecule has 0 saturated heterocycles. The minimum absolute atomic E-state index is 0.0143. The molecule has 0 N–H and O–H groups in total.